The summed E-state index contributed by atoms with van der Waals surface area (Å²) in [5.74, 6) is 0.0395. The van der Waals surface area contributed by atoms with Crippen molar-refractivity contribution in [1.29, 1.82) is 0 Å². The van der Waals surface area contributed by atoms with E-state index in [1.807, 2.05) is 13.8 Å². The van der Waals surface area contributed by atoms with Gasteiger partial charge in [-0.05, 0) is 36.2 Å². The number of alkyl halides is 2. The molecule has 0 radical (unpaired) electrons. The molecule has 0 amide bonds. The van der Waals surface area contributed by atoms with Crippen molar-refractivity contribution in [1.82, 2.24) is 5.32 Å². The number of benzene rings is 1. The Morgan fingerprint density at radius 2 is 2.00 bits per heavy atom. The number of aliphatic hydroxyl groups excluding tert-OH is 1. The predicted molar refractivity (Wildman–Crippen MR) is 78.2 cm³/mol. The largest absolute Gasteiger partial charge is 0.395 e. The minimum atomic E-state index is -2.52. The number of anilines is 1. The second kappa shape index (κ2) is 8.89. The van der Waals surface area contributed by atoms with E-state index in [4.69, 9.17) is 5.11 Å². The molecule has 6 heteroatoms. The molecule has 0 heterocycles. The van der Waals surface area contributed by atoms with Gasteiger partial charge in [-0.2, -0.15) is 0 Å². The van der Waals surface area contributed by atoms with E-state index in [1.165, 1.54) is 23.1 Å². The van der Waals surface area contributed by atoms with Gasteiger partial charge in [-0.25, -0.2) is 13.2 Å². The first-order valence-corrected chi connectivity index (χ1v) is 7.07. The van der Waals surface area contributed by atoms with Crippen LogP contribution in [0.4, 0.5) is 18.9 Å². The Hall–Kier alpha value is -1.27. The van der Waals surface area contributed by atoms with E-state index < -0.39 is 18.8 Å². The van der Waals surface area contributed by atoms with Crippen molar-refractivity contribution in [3.05, 3.63) is 29.6 Å². The van der Waals surface area contributed by atoms with E-state index in [0.717, 1.165) is 6.54 Å². The van der Waals surface area contributed by atoms with Crippen LogP contribution in [0.25, 0.3) is 0 Å². The number of nitrogens with one attached hydrogen (secondary N) is 1. The predicted octanol–water partition coefficient (Wildman–Crippen LogP) is 2.64. The Morgan fingerprint density at radius 1 is 1.29 bits per heavy atom. The maximum atomic E-state index is 13.4. The van der Waals surface area contributed by atoms with Crippen LogP contribution in [0.5, 0.6) is 0 Å². The van der Waals surface area contributed by atoms with Crippen LogP contribution in [-0.2, 0) is 6.54 Å². The van der Waals surface area contributed by atoms with Gasteiger partial charge in [0, 0.05) is 18.8 Å². The van der Waals surface area contributed by atoms with Crippen LogP contribution in [-0.4, -0.2) is 37.8 Å². The van der Waals surface area contributed by atoms with E-state index in [-0.39, 0.29) is 13.2 Å². The zero-order valence-electron chi connectivity index (χ0n) is 12.5. The van der Waals surface area contributed by atoms with Crippen molar-refractivity contribution < 1.29 is 18.3 Å². The molecular formula is C15H23F3N2O. The van der Waals surface area contributed by atoms with Gasteiger partial charge in [0.2, 0.25) is 0 Å². The van der Waals surface area contributed by atoms with Crippen LogP contribution in [0.15, 0.2) is 18.2 Å². The molecule has 0 spiro atoms. The average molecular weight is 304 g/mol. The molecule has 3 nitrogen and oxygen atoms in total. The first-order valence-electron chi connectivity index (χ1n) is 7.07. The molecule has 0 saturated carbocycles. The summed E-state index contributed by atoms with van der Waals surface area (Å²) >= 11 is 0. The smallest absolute Gasteiger partial charge is 0.255 e. The number of hydrogen-bond acceptors (Lipinski definition) is 3. The van der Waals surface area contributed by atoms with Crippen molar-refractivity contribution in [3.8, 4) is 0 Å². The fourth-order valence-electron chi connectivity index (χ4n) is 2.10. The van der Waals surface area contributed by atoms with Crippen LogP contribution in [0.3, 0.4) is 0 Å². The average Bonchev–Trinajstić information content (AvgIpc) is 2.37. The minimum absolute atomic E-state index is 0.0904. The molecule has 120 valence electrons. The summed E-state index contributed by atoms with van der Waals surface area (Å²) in [7, 11) is 0. The normalized spacial score (nSPS) is 11.4. The monoisotopic (exact) mass is 304 g/mol. The lowest BCUT2D eigenvalue weighted by molar-refractivity contribution is 0.152. The molecule has 21 heavy (non-hydrogen) atoms. The molecule has 0 aromatic heterocycles. The molecule has 0 bridgehead atoms. The fraction of sp³-hybridized carbons (Fsp3) is 0.600. The topological polar surface area (TPSA) is 35.5 Å². The molecule has 0 fully saturated rings. The fourth-order valence-corrected chi connectivity index (χ4v) is 2.10. The van der Waals surface area contributed by atoms with Crippen molar-refractivity contribution in [2.45, 2.75) is 26.8 Å². The van der Waals surface area contributed by atoms with Gasteiger partial charge in [-0.3, -0.25) is 0 Å². The quantitative estimate of drug-likeness (QED) is 0.736. The van der Waals surface area contributed by atoms with Crippen LogP contribution in [0.2, 0.25) is 0 Å². The molecule has 0 unspecified atom stereocenters. The number of rotatable bonds is 9. The molecule has 1 aromatic rings. The van der Waals surface area contributed by atoms with Gasteiger partial charge in [-0.15, -0.1) is 0 Å². The summed E-state index contributed by atoms with van der Waals surface area (Å²) in [6, 6.07) is 4.08. The highest BCUT2D eigenvalue weighted by molar-refractivity contribution is 5.54. The second-order valence-corrected chi connectivity index (χ2v) is 5.36. The molecule has 0 aliphatic heterocycles. The molecule has 0 saturated heterocycles. The van der Waals surface area contributed by atoms with Gasteiger partial charge in [0.1, 0.15) is 5.82 Å². The van der Waals surface area contributed by atoms with Gasteiger partial charge in [0.05, 0.1) is 13.2 Å². The van der Waals surface area contributed by atoms with Gasteiger partial charge in [-0.1, -0.05) is 13.8 Å². The van der Waals surface area contributed by atoms with Gasteiger partial charge < -0.3 is 15.3 Å². The van der Waals surface area contributed by atoms with Crippen molar-refractivity contribution in [3.63, 3.8) is 0 Å². The van der Waals surface area contributed by atoms with Crippen molar-refractivity contribution >= 4 is 5.69 Å². The Labute approximate surface area is 123 Å². The summed E-state index contributed by atoms with van der Waals surface area (Å²) in [5, 5.41) is 12.2. The Morgan fingerprint density at radius 3 is 2.57 bits per heavy atom. The van der Waals surface area contributed by atoms with Gasteiger partial charge in [0.25, 0.3) is 6.43 Å². The van der Waals surface area contributed by atoms with Gasteiger partial charge in [0.15, 0.2) is 0 Å². The lowest BCUT2D eigenvalue weighted by atomic mass is 10.1. The maximum Gasteiger partial charge on any atom is 0.255 e. The van der Waals surface area contributed by atoms with Crippen LogP contribution in [0.1, 0.15) is 19.4 Å². The summed E-state index contributed by atoms with van der Waals surface area (Å²) in [6.07, 6.45) is -2.52. The second-order valence-electron chi connectivity index (χ2n) is 5.36. The molecule has 0 atom stereocenters. The Balaban J connectivity index is 2.91. The Kier molecular flexibility index (Phi) is 7.53. The maximum absolute atomic E-state index is 13.4. The molecule has 2 N–H and O–H groups in total. The molecule has 1 aromatic carbocycles. The van der Waals surface area contributed by atoms with E-state index in [9.17, 15) is 13.2 Å². The van der Waals surface area contributed by atoms with Crippen molar-refractivity contribution in [2.24, 2.45) is 5.92 Å². The lowest BCUT2D eigenvalue weighted by Crippen LogP contribution is -2.33. The summed E-state index contributed by atoms with van der Waals surface area (Å²) < 4.78 is 38.7. The van der Waals surface area contributed by atoms with Crippen LogP contribution < -0.4 is 10.2 Å². The minimum Gasteiger partial charge on any atom is -0.395 e. The zero-order valence-corrected chi connectivity index (χ0v) is 12.5. The van der Waals surface area contributed by atoms with E-state index >= 15 is 0 Å². The summed E-state index contributed by atoms with van der Waals surface area (Å²) in [6.45, 7) is 4.63. The van der Waals surface area contributed by atoms with Crippen LogP contribution in [0, 0.1) is 11.7 Å². The molecule has 0 aliphatic carbocycles. The highest BCUT2D eigenvalue weighted by Crippen LogP contribution is 2.22. The van der Waals surface area contributed by atoms with E-state index in [2.05, 4.69) is 5.32 Å². The van der Waals surface area contributed by atoms with E-state index in [1.54, 1.807) is 0 Å². The third-order valence-electron chi connectivity index (χ3n) is 2.98. The zero-order chi connectivity index (χ0) is 15.8. The highest BCUT2D eigenvalue weighted by atomic mass is 19.3. The summed E-state index contributed by atoms with van der Waals surface area (Å²) in [4.78, 5) is 1.39. The van der Waals surface area contributed by atoms with Crippen LogP contribution >= 0.6 is 0 Å². The SMILES string of the molecule is CC(C)CNCc1cc(F)ccc1N(CCO)CC(F)F. The number of hydrogen-bond donors (Lipinski definition) is 2. The third-order valence-corrected chi connectivity index (χ3v) is 2.98. The van der Waals surface area contributed by atoms with E-state index in [0.29, 0.717) is 23.7 Å². The standard InChI is InChI=1S/C15H23F3N2O/c1-11(2)8-19-9-12-7-13(16)3-4-14(12)20(5-6-21)10-15(17)18/h3-4,7,11,15,19,21H,5-6,8-10H2,1-2H3. The molecular weight excluding hydrogens is 281 g/mol. The lowest BCUT2D eigenvalue weighted by Gasteiger charge is -2.26. The molecule has 1 rings (SSSR count). The number of aliphatic hydroxyl groups is 1. The number of halogens is 3. The molecule has 0 aliphatic rings. The first kappa shape index (κ1) is 17.8. The third kappa shape index (κ3) is 6.35. The highest BCUT2D eigenvalue weighted by Gasteiger charge is 2.16. The first-order chi connectivity index (χ1) is 9.93. The van der Waals surface area contributed by atoms with Crippen molar-refractivity contribution in [2.75, 3.05) is 31.1 Å². The Bertz CT molecular complexity index is 427. The summed E-state index contributed by atoms with van der Waals surface area (Å²) in [5.41, 5.74) is 1.15. The number of nitrogens with zero attached hydrogens (tertiary/aromatic N) is 1. The van der Waals surface area contributed by atoms with Gasteiger partial charge >= 0.3 is 0 Å².